The fourth-order valence-corrected chi connectivity index (χ4v) is 2.27. The summed E-state index contributed by atoms with van der Waals surface area (Å²) in [7, 11) is 0. The monoisotopic (exact) mass is 337 g/mol. The highest BCUT2D eigenvalue weighted by Gasteiger charge is 2.05. The first kappa shape index (κ1) is 15.0. The molecule has 2 aromatic rings. The van der Waals surface area contributed by atoms with Gasteiger partial charge in [-0.1, -0.05) is 35.0 Å². The fraction of sp³-hybridized carbons (Fsp3) is 0.250. The van der Waals surface area contributed by atoms with E-state index < -0.39 is 0 Å². The zero-order chi connectivity index (χ0) is 14.5. The molecule has 2 rings (SSSR count). The third-order valence-corrected chi connectivity index (χ3v) is 3.64. The minimum absolute atomic E-state index is 0.0478. The van der Waals surface area contributed by atoms with E-state index in [9.17, 15) is 4.39 Å². The molecule has 1 atom stereocenters. The second kappa shape index (κ2) is 6.86. The molecule has 2 aromatic carbocycles. The maximum atomic E-state index is 13.6. The molecule has 0 bridgehead atoms. The van der Waals surface area contributed by atoms with E-state index in [1.54, 1.807) is 12.1 Å². The Morgan fingerprint density at radius 2 is 1.90 bits per heavy atom. The predicted molar refractivity (Wildman–Crippen MR) is 82.1 cm³/mol. The third-order valence-electron chi connectivity index (χ3n) is 3.15. The Labute approximate surface area is 126 Å². The third kappa shape index (κ3) is 3.81. The summed E-state index contributed by atoms with van der Waals surface area (Å²) in [6.45, 7) is 2.25. The fourth-order valence-electron chi connectivity index (χ4n) is 1.86. The van der Waals surface area contributed by atoms with Gasteiger partial charge >= 0.3 is 0 Å². The van der Waals surface area contributed by atoms with Crippen LogP contribution < -0.4 is 10.5 Å². The zero-order valence-electron chi connectivity index (χ0n) is 11.3. The van der Waals surface area contributed by atoms with Crippen molar-refractivity contribution < 1.29 is 9.13 Å². The summed E-state index contributed by atoms with van der Waals surface area (Å²) >= 11 is 3.32. The molecule has 0 aliphatic carbocycles. The Bertz CT molecular complexity index is 571. The van der Waals surface area contributed by atoms with Gasteiger partial charge in [-0.15, -0.1) is 0 Å². The van der Waals surface area contributed by atoms with Crippen LogP contribution in [0.4, 0.5) is 4.39 Å². The highest BCUT2D eigenvalue weighted by Crippen LogP contribution is 2.21. The molecule has 0 saturated heterocycles. The molecule has 0 aliphatic rings. The van der Waals surface area contributed by atoms with Gasteiger partial charge in [0.15, 0.2) is 0 Å². The Kier molecular flexibility index (Phi) is 5.15. The molecule has 2 N–H and O–H groups in total. The lowest BCUT2D eigenvalue weighted by Gasteiger charge is -2.11. The number of hydrogen-bond donors (Lipinski definition) is 1. The molecule has 0 spiro atoms. The highest BCUT2D eigenvalue weighted by atomic mass is 79.9. The molecule has 2 nitrogen and oxygen atoms in total. The summed E-state index contributed by atoms with van der Waals surface area (Å²) in [4.78, 5) is 0. The Balaban J connectivity index is 2.02. The van der Waals surface area contributed by atoms with Gasteiger partial charge in [0.2, 0.25) is 0 Å². The highest BCUT2D eigenvalue weighted by molar-refractivity contribution is 9.10. The molecule has 0 aliphatic heterocycles. The van der Waals surface area contributed by atoms with E-state index in [1.807, 2.05) is 31.2 Å². The minimum Gasteiger partial charge on any atom is -0.489 e. The van der Waals surface area contributed by atoms with E-state index in [4.69, 9.17) is 10.5 Å². The SMILES string of the molecule is CCC(N)c1ccc(OCc2cc(Br)ccc2F)cc1. The molecule has 20 heavy (non-hydrogen) atoms. The second-order valence-electron chi connectivity index (χ2n) is 4.61. The Morgan fingerprint density at radius 1 is 1.20 bits per heavy atom. The van der Waals surface area contributed by atoms with E-state index >= 15 is 0 Å². The van der Waals surface area contributed by atoms with Crippen LogP contribution in [-0.4, -0.2) is 0 Å². The standard InChI is InChI=1S/C16H17BrFNO/c1-2-16(19)11-3-6-14(7-4-11)20-10-12-9-13(17)5-8-15(12)18/h3-9,16H,2,10,19H2,1H3. The first-order valence-electron chi connectivity index (χ1n) is 6.52. The lowest BCUT2D eigenvalue weighted by Crippen LogP contribution is -2.08. The van der Waals surface area contributed by atoms with Crippen molar-refractivity contribution in [2.24, 2.45) is 5.73 Å². The summed E-state index contributed by atoms with van der Waals surface area (Å²) < 4.78 is 20.0. The van der Waals surface area contributed by atoms with Crippen molar-refractivity contribution in [1.29, 1.82) is 0 Å². The number of benzene rings is 2. The van der Waals surface area contributed by atoms with Gasteiger partial charge in [-0.25, -0.2) is 4.39 Å². The van der Waals surface area contributed by atoms with Gasteiger partial charge in [-0.2, -0.15) is 0 Å². The minimum atomic E-state index is -0.266. The average molecular weight is 338 g/mol. The predicted octanol–water partition coefficient (Wildman–Crippen LogP) is 4.58. The van der Waals surface area contributed by atoms with E-state index in [2.05, 4.69) is 15.9 Å². The second-order valence-corrected chi connectivity index (χ2v) is 5.52. The number of halogens is 2. The van der Waals surface area contributed by atoms with Crippen molar-refractivity contribution >= 4 is 15.9 Å². The van der Waals surface area contributed by atoms with E-state index in [0.717, 1.165) is 16.5 Å². The molecule has 0 saturated carbocycles. The Hall–Kier alpha value is -1.39. The largest absolute Gasteiger partial charge is 0.489 e. The van der Waals surface area contributed by atoms with Gasteiger partial charge in [0.1, 0.15) is 18.2 Å². The molecule has 4 heteroatoms. The summed E-state index contributed by atoms with van der Waals surface area (Å²) in [5, 5.41) is 0. The summed E-state index contributed by atoms with van der Waals surface area (Å²) in [5.41, 5.74) is 7.55. The zero-order valence-corrected chi connectivity index (χ0v) is 12.9. The molecule has 0 heterocycles. The van der Waals surface area contributed by atoms with Crippen LogP contribution in [0.2, 0.25) is 0 Å². The lowest BCUT2D eigenvalue weighted by atomic mass is 10.1. The maximum absolute atomic E-state index is 13.6. The van der Waals surface area contributed by atoms with Crippen molar-refractivity contribution in [3.63, 3.8) is 0 Å². The van der Waals surface area contributed by atoms with Gasteiger partial charge in [-0.3, -0.25) is 0 Å². The van der Waals surface area contributed by atoms with Gasteiger partial charge in [-0.05, 0) is 42.3 Å². The number of ether oxygens (including phenoxy) is 1. The summed E-state index contributed by atoms with van der Waals surface area (Å²) in [5.74, 6) is 0.439. The first-order chi connectivity index (χ1) is 9.60. The smallest absolute Gasteiger partial charge is 0.129 e. The Morgan fingerprint density at radius 3 is 2.55 bits per heavy atom. The van der Waals surface area contributed by atoms with Crippen LogP contribution in [0, 0.1) is 5.82 Å². The van der Waals surface area contributed by atoms with E-state index in [0.29, 0.717) is 11.3 Å². The van der Waals surface area contributed by atoms with Crippen LogP contribution in [0.1, 0.15) is 30.5 Å². The summed E-state index contributed by atoms with van der Waals surface area (Å²) in [6.07, 6.45) is 0.892. The van der Waals surface area contributed by atoms with Crippen LogP contribution in [0.25, 0.3) is 0 Å². The van der Waals surface area contributed by atoms with Crippen molar-refractivity contribution in [1.82, 2.24) is 0 Å². The maximum Gasteiger partial charge on any atom is 0.129 e. The average Bonchev–Trinajstić information content (AvgIpc) is 2.48. The van der Waals surface area contributed by atoms with Crippen molar-refractivity contribution in [3.8, 4) is 5.75 Å². The van der Waals surface area contributed by atoms with E-state index in [1.165, 1.54) is 6.07 Å². The van der Waals surface area contributed by atoms with Crippen molar-refractivity contribution in [2.45, 2.75) is 26.0 Å². The molecular formula is C16H17BrFNO. The lowest BCUT2D eigenvalue weighted by molar-refractivity contribution is 0.299. The number of nitrogens with two attached hydrogens (primary N) is 1. The van der Waals surface area contributed by atoms with Crippen molar-refractivity contribution in [3.05, 3.63) is 63.9 Å². The normalized spacial score (nSPS) is 12.2. The van der Waals surface area contributed by atoms with Crippen LogP contribution in [0.3, 0.4) is 0 Å². The quantitative estimate of drug-likeness (QED) is 0.866. The van der Waals surface area contributed by atoms with Crippen LogP contribution in [0.5, 0.6) is 5.75 Å². The first-order valence-corrected chi connectivity index (χ1v) is 7.31. The van der Waals surface area contributed by atoms with Crippen LogP contribution in [-0.2, 0) is 6.61 Å². The molecule has 0 amide bonds. The van der Waals surface area contributed by atoms with Gasteiger partial charge < -0.3 is 10.5 Å². The summed E-state index contributed by atoms with van der Waals surface area (Å²) in [6, 6.07) is 12.5. The molecule has 0 aromatic heterocycles. The van der Waals surface area contributed by atoms with Gasteiger partial charge in [0.25, 0.3) is 0 Å². The topological polar surface area (TPSA) is 35.2 Å². The van der Waals surface area contributed by atoms with E-state index in [-0.39, 0.29) is 18.5 Å². The van der Waals surface area contributed by atoms with Gasteiger partial charge in [0, 0.05) is 16.1 Å². The number of rotatable bonds is 5. The van der Waals surface area contributed by atoms with Crippen molar-refractivity contribution in [2.75, 3.05) is 0 Å². The molecular weight excluding hydrogens is 321 g/mol. The molecule has 0 radical (unpaired) electrons. The molecule has 0 fully saturated rings. The molecule has 106 valence electrons. The molecule has 1 unspecified atom stereocenters. The van der Waals surface area contributed by atoms with Gasteiger partial charge in [0.05, 0.1) is 0 Å². The van der Waals surface area contributed by atoms with Crippen LogP contribution >= 0.6 is 15.9 Å². The number of hydrogen-bond acceptors (Lipinski definition) is 2. The van der Waals surface area contributed by atoms with Crippen LogP contribution in [0.15, 0.2) is 46.9 Å².